The highest BCUT2D eigenvalue weighted by atomic mass is 35.5. The van der Waals surface area contributed by atoms with Crippen molar-refractivity contribution in [3.8, 4) is 0 Å². The fourth-order valence-electron chi connectivity index (χ4n) is 1.03. The molecule has 0 aliphatic rings. The Morgan fingerprint density at radius 2 is 2.00 bits per heavy atom. The van der Waals surface area contributed by atoms with E-state index in [1.54, 1.807) is 0 Å². The van der Waals surface area contributed by atoms with Crippen LogP contribution in [0.15, 0.2) is 18.2 Å². The Hall–Kier alpha value is -0.940. The molecule has 1 atom stereocenters. The number of benzene rings is 1. The Morgan fingerprint density at radius 3 is 2.47 bits per heavy atom. The van der Waals surface area contributed by atoms with Crippen LogP contribution < -0.4 is 5.32 Å². The molecule has 1 N–H and O–H groups in total. The molecule has 0 saturated heterocycles. The second-order valence-corrected chi connectivity index (χ2v) is 4.36. The third-order valence-electron chi connectivity index (χ3n) is 1.91. The van der Waals surface area contributed by atoms with E-state index in [0.29, 0.717) is 0 Å². The summed E-state index contributed by atoms with van der Waals surface area (Å²) in [5, 5.41) is 1.38. The first kappa shape index (κ1) is 14.1. The van der Waals surface area contributed by atoms with Crippen molar-refractivity contribution in [2.24, 2.45) is 0 Å². The van der Waals surface area contributed by atoms with Crippen LogP contribution in [0.4, 0.5) is 18.9 Å². The number of carbonyl (C=O) groups is 1. The van der Waals surface area contributed by atoms with Gasteiger partial charge in [-0.3, -0.25) is 4.79 Å². The summed E-state index contributed by atoms with van der Waals surface area (Å²) in [5.74, 6) is -0.618. The van der Waals surface area contributed by atoms with Crippen molar-refractivity contribution in [1.29, 1.82) is 0 Å². The highest BCUT2D eigenvalue weighted by Gasteiger charge is 2.31. The summed E-state index contributed by atoms with van der Waals surface area (Å²) in [7, 11) is 0. The third-order valence-corrected chi connectivity index (χ3v) is 2.44. The van der Waals surface area contributed by atoms with Crippen molar-refractivity contribution in [1.82, 2.24) is 0 Å². The van der Waals surface area contributed by atoms with E-state index in [9.17, 15) is 18.0 Å². The smallest absolute Gasteiger partial charge is 0.323 e. The molecule has 0 heterocycles. The summed E-state index contributed by atoms with van der Waals surface area (Å²) in [4.78, 5) is 11.2. The standard InChI is InChI=1S/C10H8Cl2F3NO/c1-5(11)9(17)16-8-4-6(10(13,14)15)2-3-7(8)12/h2-5H,1H3,(H,16,17)/t5-/m1/s1. The van der Waals surface area contributed by atoms with Crippen LogP contribution in [0.2, 0.25) is 5.02 Å². The maximum Gasteiger partial charge on any atom is 0.416 e. The molecule has 1 aromatic carbocycles. The number of hydrogen-bond acceptors (Lipinski definition) is 1. The third kappa shape index (κ3) is 3.78. The van der Waals surface area contributed by atoms with E-state index in [2.05, 4.69) is 5.32 Å². The van der Waals surface area contributed by atoms with Gasteiger partial charge in [-0.15, -0.1) is 11.6 Å². The number of carbonyl (C=O) groups excluding carboxylic acids is 1. The highest BCUT2D eigenvalue weighted by Crippen LogP contribution is 2.33. The van der Waals surface area contributed by atoms with Crippen LogP contribution >= 0.6 is 23.2 Å². The predicted octanol–water partition coefficient (Wildman–Crippen LogP) is 3.92. The Morgan fingerprint density at radius 1 is 1.41 bits per heavy atom. The van der Waals surface area contributed by atoms with Gasteiger partial charge in [0, 0.05) is 0 Å². The minimum absolute atomic E-state index is 0.0173. The zero-order valence-corrected chi connectivity index (χ0v) is 10.1. The summed E-state index contributed by atoms with van der Waals surface area (Å²) in [5.41, 5.74) is -1.00. The lowest BCUT2D eigenvalue weighted by Gasteiger charge is -2.12. The Kier molecular flexibility index (Phi) is 4.27. The van der Waals surface area contributed by atoms with Crippen LogP contribution in [0.1, 0.15) is 12.5 Å². The van der Waals surface area contributed by atoms with Gasteiger partial charge in [-0.05, 0) is 25.1 Å². The normalized spacial score (nSPS) is 13.3. The van der Waals surface area contributed by atoms with Gasteiger partial charge in [-0.1, -0.05) is 11.6 Å². The molecule has 1 rings (SSSR count). The number of anilines is 1. The van der Waals surface area contributed by atoms with Crippen LogP contribution in [-0.2, 0) is 11.0 Å². The van der Waals surface area contributed by atoms with Gasteiger partial charge in [0.2, 0.25) is 5.91 Å². The molecular formula is C10H8Cl2F3NO. The van der Waals surface area contributed by atoms with E-state index < -0.39 is 23.0 Å². The number of nitrogens with one attached hydrogen (secondary N) is 1. The van der Waals surface area contributed by atoms with E-state index >= 15 is 0 Å². The van der Waals surface area contributed by atoms with Crippen molar-refractivity contribution in [3.05, 3.63) is 28.8 Å². The lowest BCUT2D eigenvalue weighted by Crippen LogP contribution is -2.20. The van der Waals surface area contributed by atoms with Crippen molar-refractivity contribution >= 4 is 34.8 Å². The molecule has 1 amide bonds. The molecule has 0 spiro atoms. The van der Waals surface area contributed by atoms with Gasteiger partial charge in [0.1, 0.15) is 5.38 Å². The molecule has 0 bridgehead atoms. The number of rotatable bonds is 2. The average Bonchev–Trinajstić information content (AvgIpc) is 2.19. The second-order valence-electron chi connectivity index (χ2n) is 3.30. The molecule has 0 aliphatic heterocycles. The van der Waals surface area contributed by atoms with Crippen molar-refractivity contribution in [2.75, 3.05) is 5.32 Å². The van der Waals surface area contributed by atoms with Gasteiger partial charge in [0.15, 0.2) is 0 Å². The van der Waals surface area contributed by atoms with Crippen LogP contribution in [0.25, 0.3) is 0 Å². The van der Waals surface area contributed by atoms with Gasteiger partial charge in [-0.25, -0.2) is 0 Å². The first-order valence-corrected chi connectivity index (χ1v) is 5.35. The summed E-state index contributed by atoms with van der Waals surface area (Å²) in [6.07, 6.45) is -4.49. The lowest BCUT2D eigenvalue weighted by molar-refractivity contribution is -0.137. The minimum atomic E-state index is -4.49. The molecule has 0 radical (unpaired) electrons. The largest absolute Gasteiger partial charge is 0.416 e. The zero-order valence-electron chi connectivity index (χ0n) is 8.61. The molecule has 0 saturated carbocycles. The minimum Gasteiger partial charge on any atom is -0.323 e. The molecule has 0 aromatic heterocycles. The molecule has 2 nitrogen and oxygen atoms in total. The molecule has 0 aliphatic carbocycles. The maximum absolute atomic E-state index is 12.4. The lowest BCUT2D eigenvalue weighted by atomic mass is 10.2. The monoisotopic (exact) mass is 285 g/mol. The van der Waals surface area contributed by atoms with Crippen LogP contribution in [-0.4, -0.2) is 11.3 Å². The van der Waals surface area contributed by atoms with Crippen LogP contribution in [0.3, 0.4) is 0 Å². The fourth-order valence-corrected chi connectivity index (χ4v) is 1.25. The summed E-state index contributed by atoms with van der Waals surface area (Å²) < 4.78 is 37.2. The molecule has 17 heavy (non-hydrogen) atoms. The number of alkyl halides is 4. The first-order chi connectivity index (χ1) is 7.71. The van der Waals surface area contributed by atoms with Crippen LogP contribution in [0, 0.1) is 0 Å². The molecular weight excluding hydrogens is 278 g/mol. The van der Waals surface area contributed by atoms with Crippen LogP contribution in [0.5, 0.6) is 0 Å². The predicted molar refractivity (Wildman–Crippen MR) is 60.4 cm³/mol. The molecule has 0 fully saturated rings. The van der Waals surface area contributed by atoms with E-state index in [1.165, 1.54) is 6.92 Å². The molecule has 7 heteroatoms. The van der Waals surface area contributed by atoms with E-state index in [0.717, 1.165) is 18.2 Å². The fraction of sp³-hybridized carbons (Fsp3) is 0.300. The van der Waals surface area contributed by atoms with E-state index in [1.807, 2.05) is 0 Å². The van der Waals surface area contributed by atoms with Gasteiger partial charge < -0.3 is 5.32 Å². The SMILES string of the molecule is C[C@@H](Cl)C(=O)Nc1cc(C(F)(F)F)ccc1Cl. The van der Waals surface area contributed by atoms with Crippen molar-refractivity contribution < 1.29 is 18.0 Å². The van der Waals surface area contributed by atoms with Gasteiger partial charge in [-0.2, -0.15) is 13.2 Å². The van der Waals surface area contributed by atoms with Crippen molar-refractivity contribution in [3.63, 3.8) is 0 Å². The summed E-state index contributed by atoms with van der Waals surface area (Å²) >= 11 is 11.2. The maximum atomic E-state index is 12.4. The van der Waals surface area contributed by atoms with E-state index in [-0.39, 0.29) is 10.7 Å². The number of hydrogen-bond donors (Lipinski definition) is 1. The summed E-state index contributed by atoms with van der Waals surface area (Å²) in [6.45, 7) is 1.40. The Balaban J connectivity index is 3.03. The molecule has 1 aromatic rings. The number of halogens is 5. The summed E-state index contributed by atoms with van der Waals surface area (Å²) in [6, 6.07) is 2.67. The number of amides is 1. The first-order valence-electron chi connectivity index (χ1n) is 4.53. The van der Waals surface area contributed by atoms with E-state index in [4.69, 9.17) is 23.2 Å². The molecule has 94 valence electrons. The van der Waals surface area contributed by atoms with Crippen molar-refractivity contribution in [2.45, 2.75) is 18.5 Å². The zero-order chi connectivity index (χ0) is 13.2. The quantitative estimate of drug-likeness (QED) is 0.820. The molecule has 0 unspecified atom stereocenters. The van der Waals surface area contributed by atoms with Gasteiger partial charge >= 0.3 is 6.18 Å². The second kappa shape index (κ2) is 5.14. The average molecular weight is 286 g/mol. The Labute approximate surface area is 106 Å². The highest BCUT2D eigenvalue weighted by molar-refractivity contribution is 6.35. The topological polar surface area (TPSA) is 29.1 Å². The Bertz CT molecular complexity index is 432. The van der Waals surface area contributed by atoms with Gasteiger partial charge in [0.25, 0.3) is 0 Å². The van der Waals surface area contributed by atoms with Gasteiger partial charge in [0.05, 0.1) is 16.3 Å².